The van der Waals surface area contributed by atoms with Crippen LogP contribution < -0.4 is 5.32 Å². The highest BCUT2D eigenvalue weighted by Crippen LogP contribution is 2.47. The molecule has 1 aromatic rings. The SMILES string of the molecule is CCc1cc(CC(C)(CNC2CC2)C2CC2)n(C)n1. The molecule has 3 nitrogen and oxygen atoms in total. The summed E-state index contributed by atoms with van der Waals surface area (Å²) in [4.78, 5) is 0. The maximum atomic E-state index is 4.60. The minimum atomic E-state index is 0.418. The third kappa shape index (κ3) is 3.02. The Morgan fingerprint density at radius 3 is 2.63 bits per heavy atom. The summed E-state index contributed by atoms with van der Waals surface area (Å²) < 4.78 is 2.09. The van der Waals surface area contributed by atoms with Crippen molar-refractivity contribution in [1.29, 1.82) is 0 Å². The van der Waals surface area contributed by atoms with Gasteiger partial charge in [-0.3, -0.25) is 4.68 Å². The Balaban J connectivity index is 1.70. The van der Waals surface area contributed by atoms with Gasteiger partial charge in [-0.1, -0.05) is 13.8 Å². The summed E-state index contributed by atoms with van der Waals surface area (Å²) in [6.45, 7) is 5.83. The zero-order chi connectivity index (χ0) is 13.5. The van der Waals surface area contributed by atoms with Crippen LogP contribution in [0.5, 0.6) is 0 Å². The van der Waals surface area contributed by atoms with Gasteiger partial charge in [-0.15, -0.1) is 0 Å². The molecule has 0 saturated heterocycles. The molecule has 1 heterocycles. The molecule has 3 heteroatoms. The van der Waals surface area contributed by atoms with E-state index in [9.17, 15) is 0 Å². The molecule has 19 heavy (non-hydrogen) atoms. The second kappa shape index (κ2) is 4.93. The zero-order valence-electron chi connectivity index (χ0n) is 12.6. The van der Waals surface area contributed by atoms with Gasteiger partial charge in [0, 0.05) is 25.3 Å². The largest absolute Gasteiger partial charge is 0.313 e. The van der Waals surface area contributed by atoms with Crippen molar-refractivity contribution in [2.24, 2.45) is 18.4 Å². The molecule has 106 valence electrons. The van der Waals surface area contributed by atoms with Gasteiger partial charge in [0.2, 0.25) is 0 Å². The number of hydrogen-bond acceptors (Lipinski definition) is 2. The number of nitrogens with zero attached hydrogens (tertiary/aromatic N) is 2. The smallest absolute Gasteiger partial charge is 0.0624 e. The van der Waals surface area contributed by atoms with Gasteiger partial charge in [0.25, 0.3) is 0 Å². The molecule has 1 N–H and O–H groups in total. The van der Waals surface area contributed by atoms with Gasteiger partial charge in [0.05, 0.1) is 5.69 Å². The minimum Gasteiger partial charge on any atom is -0.313 e. The van der Waals surface area contributed by atoms with Crippen molar-refractivity contribution in [3.05, 3.63) is 17.5 Å². The first-order valence-corrected chi connectivity index (χ1v) is 7.86. The van der Waals surface area contributed by atoms with Crippen LogP contribution in [-0.2, 0) is 19.9 Å². The molecular weight excluding hydrogens is 234 g/mol. The van der Waals surface area contributed by atoms with E-state index in [-0.39, 0.29) is 0 Å². The van der Waals surface area contributed by atoms with Gasteiger partial charge in [-0.25, -0.2) is 0 Å². The molecule has 1 aromatic heterocycles. The zero-order valence-corrected chi connectivity index (χ0v) is 12.6. The summed E-state index contributed by atoms with van der Waals surface area (Å²) >= 11 is 0. The van der Waals surface area contributed by atoms with Crippen LogP contribution in [0.4, 0.5) is 0 Å². The van der Waals surface area contributed by atoms with Crippen molar-refractivity contribution in [3.63, 3.8) is 0 Å². The van der Waals surface area contributed by atoms with E-state index in [2.05, 4.69) is 42.1 Å². The van der Waals surface area contributed by atoms with Gasteiger partial charge in [-0.2, -0.15) is 5.10 Å². The van der Waals surface area contributed by atoms with Crippen LogP contribution in [-0.4, -0.2) is 22.4 Å². The lowest BCUT2D eigenvalue weighted by Gasteiger charge is -2.30. The molecule has 2 aliphatic carbocycles. The highest BCUT2D eigenvalue weighted by molar-refractivity contribution is 5.14. The number of rotatable bonds is 7. The topological polar surface area (TPSA) is 29.9 Å². The first kappa shape index (κ1) is 13.2. The molecule has 0 spiro atoms. The van der Waals surface area contributed by atoms with E-state index in [1.54, 1.807) is 0 Å². The second-order valence-electron chi connectivity index (χ2n) is 6.86. The maximum Gasteiger partial charge on any atom is 0.0624 e. The van der Waals surface area contributed by atoms with Crippen LogP contribution in [0, 0.1) is 11.3 Å². The van der Waals surface area contributed by atoms with E-state index in [4.69, 9.17) is 0 Å². The lowest BCUT2D eigenvalue weighted by Crippen LogP contribution is -2.37. The van der Waals surface area contributed by atoms with Crippen molar-refractivity contribution in [2.45, 2.75) is 58.4 Å². The third-order valence-corrected chi connectivity index (χ3v) is 4.91. The summed E-state index contributed by atoms with van der Waals surface area (Å²) in [7, 11) is 2.09. The molecule has 2 saturated carbocycles. The Morgan fingerprint density at radius 1 is 1.37 bits per heavy atom. The van der Waals surface area contributed by atoms with E-state index in [0.29, 0.717) is 5.41 Å². The fourth-order valence-corrected chi connectivity index (χ4v) is 3.12. The second-order valence-corrected chi connectivity index (χ2v) is 6.86. The molecular formula is C16H27N3. The average Bonchev–Trinajstić information content (AvgIpc) is 3.27. The van der Waals surface area contributed by atoms with Crippen LogP contribution >= 0.6 is 0 Å². The first-order valence-electron chi connectivity index (χ1n) is 7.86. The molecule has 0 bridgehead atoms. The normalized spacial score (nSPS) is 22.5. The van der Waals surface area contributed by atoms with E-state index in [1.165, 1.54) is 50.0 Å². The van der Waals surface area contributed by atoms with Crippen LogP contribution in [0.3, 0.4) is 0 Å². The lowest BCUT2D eigenvalue weighted by atomic mass is 9.80. The van der Waals surface area contributed by atoms with E-state index in [0.717, 1.165) is 18.4 Å². The van der Waals surface area contributed by atoms with Crippen molar-refractivity contribution in [2.75, 3.05) is 6.54 Å². The molecule has 1 atom stereocenters. The molecule has 2 fully saturated rings. The monoisotopic (exact) mass is 261 g/mol. The molecule has 0 aromatic carbocycles. The Labute approximate surface area is 116 Å². The van der Waals surface area contributed by atoms with E-state index < -0.39 is 0 Å². The van der Waals surface area contributed by atoms with Gasteiger partial charge in [0.1, 0.15) is 0 Å². The van der Waals surface area contributed by atoms with Crippen LogP contribution in [0.25, 0.3) is 0 Å². The third-order valence-electron chi connectivity index (χ3n) is 4.91. The summed E-state index contributed by atoms with van der Waals surface area (Å²) in [5.74, 6) is 0.915. The summed E-state index contributed by atoms with van der Waals surface area (Å²) in [6.07, 6.45) is 7.80. The van der Waals surface area contributed by atoms with Crippen molar-refractivity contribution >= 4 is 0 Å². The van der Waals surface area contributed by atoms with Crippen molar-refractivity contribution in [1.82, 2.24) is 15.1 Å². The summed E-state index contributed by atoms with van der Waals surface area (Å²) in [5, 5.41) is 8.35. The molecule has 1 unspecified atom stereocenters. The molecule has 0 aliphatic heterocycles. The standard InChI is InChI=1S/C16H27N3/c1-4-13-9-15(19(3)18-13)10-16(2,12-5-6-12)11-17-14-7-8-14/h9,12,14,17H,4-8,10-11H2,1-3H3. The molecule has 3 rings (SSSR count). The predicted octanol–water partition coefficient (Wildman–Crippen LogP) is 2.69. The quantitative estimate of drug-likeness (QED) is 0.818. The number of hydrogen-bond donors (Lipinski definition) is 1. The molecule has 0 amide bonds. The van der Waals surface area contributed by atoms with Gasteiger partial charge < -0.3 is 5.32 Å². The van der Waals surface area contributed by atoms with Crippen LogP contribution in [0.15, 0.2) is 6.07 Å². The lowest BCUT2D eigenvalue weighted by molar-refractivity contribution is 0.249. The highest BCUT2D eigenvalue weighted by Gasteiger charge is 2.42. The molecule has 2 aliphatic rings. The number of aryl methyl sites for hydroxylation is 2. The summed E-state index contributed by atoms with van der Waals surface area (Å²) in [6, 6.07) is 3.12. The number of nitrogens with one attached hydrogen (secondary N) is 1. The van der Waals surface area contributed by atoms with Gasteiger partial charge >= 0.3 is 0 Å². The fraction of sp³-hybridized carbons (Fsp3) is 0.812. The average molecular weight is 261 g/mol. The van der Waals surface area contributed by atoms with Crippen molar-refractivity contribution < 1.29 is 0 Å². The number of aromatic nitrogens is 2. The van der Waals surface area contributed by atoms with Crippen molar-refractivity contribution in [3.8, 4) is 0 Å². The first-order chi connectivity index (χ1) is 9.10. The van der Waals surface area contributed by atoms with E-state index in [1.807, 2.05) is 0 Å². The maximum absolute atomic E-state index is 4.60. The van der Waals surface area contributed by atoms with Gasteiger partial charge in [-0.05, 0) is 55.9 Å². The Bertz CT molecular complexity index is 443. The Hall–Kier alpha value is -0.830. The predicted molar refractivity (Wildman–Crippen MR) is 78.1 cm³/mol. The Morgan fingerprint density at radius 2 is 2.11 bits per heavy atom. The minimum absolute atomic E-state index is 0.418. The Kier molecular flexibility index (Phi) is 3.42. The molecule has 0 radical (unpaired) electrons. The summed E-state index contributed by atoms with van der Waals surface area (Å²) in [5.41, 5.74) is 3.05. The fourth-order valence-electron chi connectivity index (χ4n) is 3.12. The highest BCUT2D eigenvalue weighted by atomic mass is 15.3. The van der Waals surface area contributed by atoms with E-state index >= 15 is 0 Å². The van der Waals surface area contributed by atoms with Crippen LogP contribution in [0.2, 0.25) is 0 Å². The van der Waals surface area contributed by atoms with Gasteiger partial charge in [0.15, 0.2) is 0 Å². The van der Waals surface area contributed by atoms with Crippen LogP contribution in [0.1, 0.15) is 50.9 Å².